The summed E-state index contributed by atoms with van der Waals surface area (Å²) >= 11 is 0. The van der Waals surface area contributed by atoms with Crippen LogP contribution in [-0.4, -0.2) is 31.2 Å². The van der Waals surface area contributed by atoms with Crippen LogP contribution in [0.4, 0.5) is 0 Å². The molecule has 0 spiro atoms. The van der Waals surface area contributed by atoms with Crippen LogP contribution in [0, 0.1) is 5.92 Å². The molecule has 1 aliphatic heterocycles. The third-order valence-corrected chi connectivity index (χ3v) is 2.67. The average Bonchev–Trinajstić information content (AvgIpc) is 2.20. The van der Waals surface area contributed by atoms with Crippen molar-refractivity contribution in [1.82, 2.24) is 0 Å². The minimum absolute atomic E-state index is 0.0325. The van der Waals surface area contributed by atoms with E-state index in [2.05, 4.69) is 6.92 Å². The Morgan fingerprint density at radius 3 is 2.93 bits per heavy atom. The second-order valence-corrected chi connectivity index (χ2v) is 4.07. The molecule has 1 fully saturated rings. The Kier molecular flexibility index (Phi) is 6.15. The molecule has 0 radical (unpaired) electrons. The van der Waals surface area contributed by atoms with Gasteiger partial charge in [0.05, 0.1) is 0 Å². The highest BCUT2D eigenvalue weighted by molar-refractivity contribution is 4.56. The quantitative estimate of drug-likeness (QED) is 0.715. The number of rotatable bonds is 6. The topological polar surface area (TPSA) is 38.7 Å². The monoisotopic (exact) mass is 202 g/mol. The van der Waals surface area contributed by atoms with E-state index >= 15 is 0 Å². The lowest BCUT2D eigenvalue weighted by atomic mass is 10.1. The van der Waals surface area contributed by atoms with E-state index in [-0.39, 0.29) is 12.9 Å². The molecule has 2 atom stereocenters. The van der Waals surface area contributed by atoms with Crippen LogP contribution in [0.2, 0.25) is 0 Å². The van der Waals surface area contributed by atoms with Crippen molar-refractivity contribution < 1.29 is 14.6 Å². The standard InChI is InChI=1S/C11H22O3/c1-10(5-7-12)6-9-14-11-4-2-3-8-13-11/h10-12H,2-9H2,1H3/t10-,11?/m1/s1. The van der Waals surface area contributed by atoms with Gasteiger partial charge in [-0.1, -0.05) is 6.92 Å². The molecule has 0 aliphatic carbocycles. The summed E-state index contributed by atoms with van der Waals surface area (Å²) in [4.78, 5) is 0. The minimum atomic E-state index is 0.0325. The van der Waals surface area contributed by atoms with Crippen LogP contribution in [0.5, 0.6) is 0 Å². The van der Waals surface area contributed by atoms with Gasteiger partial charge < -0.3 is 14.6 Å². The van der Waals surface area contributed by atoms with E-state index in [1.54, 1.807) is 0 Å². The molecule has 3 heteroatoms. The van der Waals surface area contributed by atoms with Crippen LogP contribution < -0.4 is 0 Å². The summed E-state index contributed by atoms with van der Waals surface area (Å²) in [6.45, 7) is 4.02. The first kappa shape index (κ1) is 12.0. The predicted molar refractivity (Wildman–Crippen MR) is 55.0 cm³/mol. The van der Waals surface area contributed by atoms with Crippen LogP contribution in [0.15, 0.2) is 0 Å². The second kappa shape index (κ2) is 7.21. The summed E-state index contributed by atoms with van der Waals surface area (Å²) in [6, 6.07) is 0. The Balaban J connectivity index is 1.96. The predicted octanol–water partition coefficient (Wildman–Crippen LogP) is 1.94. The lowest BCUT2D eigenvalue weighted by molar-refractivity contribution is -0.164. The van der Waals surface area contributed by atoms with Crippen LogP contribution in [0.1, 0.15) is 39.0 Å². The van der Waals surface area contributed by atoms with E-state index in [1.165, 1.54) is 12.8 Å². The summed E-state index contributed by atoms with van der Waals surface area (Å²) in [7, 11) is 0. The number of ether oxygens (including phenoxy) is 2. The van der Waals surface area contributed by atoms with Gasteiger partial charge in [-0.15, -0.1) is 0 Å². The smallest absolute Gasteiger partial charge is 0.157 e. The summed E-state index contributed by atoms with van der Waals surface area (Å²) in [5.41, 5.74) is 0. The van der Waals surface area contributed by atoms with Crippen molar-refractivity contribution in [3.63, 3.8) is 0 Å². The van der Waals surface area contributed by atoms with Crippen LogP contribution in [-0.2, 0) is 9.47 Å². The first-order valence-corrected chi connectivity index (χ1v) is 5.67. The molecule has 14 heavy (non-hydrogen) atoms. The molecule has 1 unspecified atom stereocenters. The third kappa shape index (κ3) is 4.94. The molecule has 0 bridgehead atoms. The largest absolute Gasteiger partial charge is 0.396 e. The molecule has 3 nitrogen and oxygen atoms in total. The fourth-order valence-electron chi connectivity index (χ4n) is 1.61. The molecule has 0 amide bonds. The highest BCUT2D eigenvalue weighted by Crippen LogP contribution is 2.15. The van der Waals surface area contributed by atoms with Gasteiger partial charge in [-0.05, 0) is 38.0 Å². The van der Waals surface area contributed by atoms with Crippen molar-refractivity contribution in [2.45, 2.75) is 45.3 Å². The van der Waals surface area contributed by atoms with Gasteiger partial charge in [0, 0.05) is 19.8 Å². The van der Waals surface area contributed by atoms with E-state index < -0.39 is 0 Å². The van der Waals surface area contributed by atoms with Crippen LogP contribution in [0.25, 0.3) is 0 Å². The molecule has 0 saturated carbocycles. The summed E-state index contributed by atoms with van der Waals surface area (Å²) in [5.74, 6) is 0.545. The van der Waals surface area contributed by atoms with Gasteiger partial charge in [-0.3, -0.25) is 0 Å². The van der Waals surface area contributed by atoms with Gasteiger partial charge in [0.2, 0.25) is 0 Å². The summed E-state index contributed by atoms with van der Waals surface area (Å²) < 4.78 is 11.0. The molecule has 1 heterocycles. The van der Waals surface area contributed by atoms with E-state index in [9.17, 15) is 0 Å². The highest BCUT2D eigenvalue weighted by Gasteiger charge is 2.13. The molecule has 0 aromatic carbocycles. The molecule has 84 valence electrons. The lowest BCUT2D eigenvalue weighted by Crippen LogP contribution is -2.23. The Labute approximate surface area is 86.4 Å². The van der Waals surface area contributed by atoms with E-state index in [1.807, 2.05) is 0 Å². The molecule has 1 aliphatic rings. The molecule has 0 aromatic heterocycles. The zero-order valence-electron chi connectivity index (χ0n) is 9.08. The third-order valence-electron chi connectivity index (χ3n) is 2.67. The minimum Gasteiger partial charge on any atom is -0.396 e. The number of hydrogen-bond acceptors (Lipinski definition) is 3. The van der Waals surface area contributed by atoms with Crippen molar-refractivity contribution in [3.05, 3.63) is 0 Å². The number of hydrogen-bond donors (Lipinski definition) is 1. The maximum atomic E-state index is 8.72. The molecule has 1 rings (SSSR count). The molecular weight excluding hydrogens is 180 g/mol. The van der Waals surface area contributed by atoms with Gasteiger partial charge in [0.25, 0.3) is 0 Å². The Morgan fingerprint density at radius 2 is 2.29 bits per heavy atom. The van der Waals surface area contributed by atoms with E-state index in [4.69, 9.17) is 14.6 Å². The molecule has 1 N–H and O–H groups in total. The lowest BCUT2D eigenvalue weighted by Gasteiger charge is -2.23. The normalized spacial score (nSPS) is 24.9. The van der Waals surface area contributed by atoms with E-state index in [0.717, 1.165) is 32.5 Å². The van der Waals surface area contributed by atoms with Crippen molar-refractivity contribution >= 4 is 0 Å². The van der Waals surface area contributed by atoms with Crippen molar-refractivity contribution in [2.24, 2.45) is 5.92 Å². The summed E-state index contributed by atoms with van der Waals surface area (Å²) in [5, 5.41) is 8.72. The Hall–Kier alpha value is -0.120. The zero-order valence-corrected chi connectivity index (χ0v) is 9.08. The molecule has 0 aromatic rings. The van der Waals surface area contributed by atoms with Crippen molar-refractivity contribution in [3.8, 4) is 0 Å². The first-order chi connectivity index (χ1) is 6.83. The Morgan fingerprint density at radius 1 is 1.43 bits per heavy atom. The average molecular weight is 202 g/mol. The number of aliphatic hydroxyl groups excluding tert-OH is 1. The maximum absolute atomic E-state index is 8.72. The van der Waals surface area contributed by atoms with Crippen LogP contribution >= 0.6 is 0 Å². The highest BCUT2D eigenvalue weighted by atomic mass is 16.7. The zero-order chi connectivity index (χ0) is 10.2. The SMILES string of the molecule is C[C@H](CCO)CCOC1CCCCO1. The van der Waals surface area contributed by atoms with Crippen molar-refractivity contribution in [2.75, 3.05) is 19.8 Å². The van der Waals surface area contributed by atoms with Gasteiger partial charge in [-0.2, -0.15) is 0 Å². The number of aliphatic hydroxyl groups is 1. The van der Waals surface area contributed by atoms with Gasteiger partial charge in [0.15, 0.2) is 6.29 Å². The molecule has 1 saturated heterocycles. The summed E-state index contributed by atoms with van der Waals surface area (Å²) in [6.07, 6.45) is 5.34. The fraction of sp³-hybridized carbons (Fsp3) is 1.00. The molecular formula is C11H22O3. The first-order valence-electron chi connectivity index (χ1n) is 5.67. The van der Waals surface area contributed by atoms with Gasteiger partial charge in [-0.25, -0.2) is 0 Å². The second-order valence-electron chi connectivity index (χ2n) is 4.07. The van der Waals surface area contributed by atoms with Crippen LogP contribution in [0.3, 0.4) is 0 Å². The Bertz CT molecular complexity index is 132. The van der Waals surface area contributed by atoms with Gasteiger partial charge in [0.1, 0.15) is 0 Å². The maximum Gasteiger partial charge on any atom is 0.157 e. The van der Waals surface area contributed by atoms with Crippen molar-refractivity contribution in [1.29, 1.82) is 0 Å². The fourth-order valence-corrected chi connectivity index (χ4v) is 1.61. The van der Waals surface area contributed by atoms with E-state index in [0.29, 0.717) is 5.92 Å². The van der Waals surface area contributed by atoms with Gasteiger partial charge >= 0.3 is 0 Å².